The summed E-state index contributed by atoms with van der Waals surface area (Å²) < 4.78 is 7.34. The van der Waals surface area contributed by atoms with Gasteiger partial charge in [0, 0.05) is 29.6 Å². The topological polar surface area (TPSA) is 104 Å². The zero-order valence-corrected chi connectivity index (χ0v) is 15.9. The van der Waals surface area contributed by atoms with E-state index in [1.165, 1.54) is 0 Å². The monoisotopic (exact) mass is 375 g/mol. The number of benzene rings is 1. The fourth-order valence-corrected chi connectivity index (χ4v) is 3.06. The van der Waals surface area contributed by atoms with Gasteiger partial charge < -0.3 is 20.4 Å². The van der Waals surface area contributed by atoms with Crippen molar-refractivity contribution >= 4 is 28.6 Å². The van der Waals surface area contributed by atoms with Gasteiger partial charge in [-0.1, -0.05) is 6.07 Å². The number of nitrogens with two attached hydrogens (primary N) is 1. The predicted octanol–water partition coefficient (Wildman–Crippen LogP) is 3.80. The molecule has 4 rings (SSSR count). The Labute approximate surface area is 162 Å². The van der Waals surface area contributed by atoms with Crippen LogP contribution < -0.4 is 15.8 Å². The number of aromatic nitrogens is 5. The van der Waals surface area contributed by atoms with Crippen LogP contribution in [0.1, 0.15) is 19.9 Å². The third kappa shape index (κ3) is 3.32. The summed E-state index contributed by atoms with van der Waals surface area (Å²) in [5, 5.41) is 3.22. The van der Waals surface area contributed by atoms with Crippen LogP contribution in [0.5, 0.6) is 5.75 Å². The van der Waals surface area contributed by atoms with E-state index in [-0.39, 0.29) is 6.04 Å². The highest BCUT2D eigenvalue weighted by molar-refractivity contribution is 5.78. The molecule has 0 aliphatic rings. The summed E-state index contributed by atoms with van der Waals surface area (Å²) in [6.45, 7) is 4.18. The van der Waals surface area contributed by atoms with Crippen LogP contribution in [0.3, 0.4) is 0 Å². The van der Waals surface area contributed by atoms with Crippen molar-refractivity contribution in [3.05, 3.63) is 48.8 Å². The van der Waals surface area contributed by atoms with E-state index >= 15 is 0 Å². The largest absolute Gasteiger partial charge is 0.497 e. The highest BCUT2D eigenvalue weighted by Crippen LogP contribution is 2.28. The van der Waals surface area contributed by atoms with Gasteiger partial charge >= 0.3 is 0 Å². The molecule has 0 aliphatic carbocycles. The summed E-state index contributed by atoms with van der Waals surface area (Å²) in [6.07, 6.45) is 3.40. The lowest BCUT2D eigenvalue weighted by molar-refractivity contribution is 0.415. The summed E-state index contributed by atoms with van der Waals surface area (Å²) in [5.41, 5.74) is 9.06. The molecule has 3 aromatic heterocycles. The van der Waals surface area contributed by atoms with Crippen LogP contribution in [0.25, 0.3) is 22.6 Å². The molecule has 8 heteroatoms. The molecule has 3 heterocycles. The fourth-order valence-electron chi connectivity index (χ4n) is 3.06. The van der Waals surface area contributed by atoms with Crippen molar-refractivity contribution in [2.24, 2.45) is 0 Å². The summed E-state index contributed by atoms with van der Waals surface area (Å²) in [6, 6.07) is 11.5. The highest BCUT2D eigenvalue weighted by atomic mass is 16.5. The third-order valence-corrected chi connectivity index (χ3v) is 4.31. The van der Waals surface area contributed by atoms with Crippen molar-refractivity contribution in [2.75, 3.05) is 18.2 Å². The Kier molecular flexibility index (Phi) is 4.52. The molecule has 28 heavy (non-hydrogen) atoms. The Morgan fingerprint density at radius 3 is 2.71 bits per heavy atom. The zero-order chi connectivity index (χ0) is 19.7. The Hall–Kier alpha value is -3.68. The molecule has 1 aromatic carbocycles. The molecule has 0 radical (unpaired) electrons. The number of nitrogens with one attached hydrogen (secondary N) is 1. The van der Waals surface area contributed by atoms with Gasteiger partial charge in [-0.3, -0.25) is 0 Å². The van der Waals surface area contributed by atoms with Gasteiger partial charge in [-0.25, -0.2) is 15.0 Å². The molecule has 0 saturated carbocycles. The minimum absolute atomic E-state index is 0.147. The number of methoxy groups -OCH3 is 1. The minimum Gasteiger partial charge on any atom is -0.497 e. The van der Waals surface area contributed by atoms with Gasteiger partial charge in [0.1, 0.15) is 22.9 Å². The number of rotatable bonds is 5. The van der Waals surface area contributed by atoms with Gasteiger partial charge in [0.05, 0.1) is 13.3 Å². The number of pyridine rings is 1. The standard InChI is InChI=1S/C20H21N7O/c1-12(2)27-18(13-7-8-22-17(21)9-13)25-16-11-23-20(26-19(16)27)24-14-5-4-6-15(10-14)28-3/h4-12H,1-3H3,(H2,21,22)(H,23,24,26). The number of nitrogen functional groups attached to an aromatic ring is 1. The maximum atomic E-state index is 5.85. The van der Waals surface area contributed by atoms with E-state index in [1.54, 1.807) is 19.5 Å². The second-order valence-corrected chi connectivity index (χ2v) is 6.63. The molecule has 0 fully saturated rings. The van der Waals surface area contributed by atoms with Gasteiger partial charge in [-0.05, 0) is 38.1 Å². The Bertz CT molecular complexity index is 1140. The van der Waals surface area contributed by atoms with Crippen LogP contribution in [0, 0.1) is 0 Å². The first kappa shape index (κ1) is 17.7. The van der Waals surface area contributed by atoms with Crippen molar-refractivity contribution in [2.45, 2.75) is 19.9 Å². The number of ether oxygens (including phenoxy) is 1. The quantitative estimate of drug-likeness (QED) is 0.547. The Morgan fingerprint density at radius 2 is 1.96 bits per heavy atom. The van der Waals surface area contributed by atoms with Crippen molar-refractivity contribution in [1.82, 2.24) is 24.5 Å². The number of nitrogens with zero attached hydrogens (tertiary/aromatic N) is 5. The van der Waals surface area contributed by atoms with Crippen LogP contribution in [0.4, 0.5) is 17.5 Å². The molecule has 142 valence electrons. The second kappa shape index (κ2) is 7.15. The molecule has 0 amide bonds. The van der Waals surface area contributed by atoms with Crippen LogP contribution >= 0.6 is 0 Å². The Morgan fingerprint density at radius 1 is 1.11 bits per heavy atom. The van der Waals surface area contributed by atoms with Crippen molar-refractivity contribution in [3.8, 4) is 17.1 Å². The SMILES string of the molecule is COc1cccc(Nc2ncc3nc(-c4ccnc(N)c4)n(C(C)C)c3n2)c1. The molecular weight excluding hydrogens is 354 g/mol. The molecule has 0 atom stereocenters. The smallest absolute Gasteiger partial charge is 0.229 e. The average molecular weight is 375 g/mol. The van der Waals surface area contributed by atoms with E-state index in [4.69, 9.17) is 20.4 Å². The van der Waals surface area contributed by atoms with E-state index in [2.05, 4.69) is 33.7 Å². The molecule has 3 N–H and O–H groups in total. The van der Waals surface area contributed by atoms with Crippen molar-refractivity contribution < 1.29 is 4.74 Å². The lowest BCUT2D eigenvalue weighted by Crippen LogP contribution is -2.06. The highest BCUT2D eigenvalue weighted by Gasteiger charge is 2.17. The molecule has 0 aliphatic heterocycles. The lowest BCUT2D eigenvalue weighted by Gasteiger charge is -2.13. The molecule has 4 aromatic rings. The van der Waals surface area contributed by atoms with E-state index in [0.29, 0.717) is 11.8 Å². The second-order valence-electron chi connectivity index (χ2n) is 6.63. The third-order valence-electron chi connectivity index (χ3n) is 4.31. The normalized spacial score (nSPS) is 11.1. The van der Waals surface area contributed by atoms with Crippen LogP contribution in [-0.2, 0) is 0 Å². The molecule has 0 unspecified atom stereocenters. The van der Waals surface area contributed by atoms with Crippen LogP contribution in [0.15, 0.2) is 48.8 Å². The molecule has 0 bridgehead atoms. The van der Waals surface area contributed by atoms with E-state index in [1.807, 2.05) is 36.4 Å². The number of fused-ring (bicyclic) bond motifs is 1. The zero-order valence-electron chi connectivity index (χ0n) is 15.9. The van der Waals surface area contributed by atoms with Gasteiger partial charge in [0.15, 0.2) is 5.65 Å². The molecule has 8 nitrogen and oxygen atoms in total. The minimum atomic E-state index is 0.147. The molecule has 0 spiro atoms. The summed E-state index contributed by atoms with van der Waals surface area (Å²) >= 11 is 0. The first-order chi connectivity index (χ1) is 13.5. The molecule has 0 saturated heterocycles. The Balaban J connectivity index is 1.79. The van der Waals surface area contributed by atoms with Gasteiger partial charge in [-0.15, -0.1) is 0 Å². The summed E-state index contributed by atoms with van der Waals surface area (Å²) in [7, 11) is 1.64. The van der Waals surface area contributed by atoms with Gasteiger partial charge in [-0.2, -0.15) is 4.98 Å². The van der Waals surface area contributed by atoms with Crippen LogP contribution in [-0.4, -0.2) is 31.6 Å². The van der Waals surface area contributed by atoms with Gasteiger partial charge in [0.2, 0.25) is 5.95 Å². The first-order valence-electron chi connectivity index (χ1n) is 8.93. The van der Waals surface area contributed by atoms with Crippen molar-refractivity contribution in [1.29, 1.82) is 0 Å². The summed E-state index contributed by atoms with van der Waals surface area (Å²) in [5.74, 6) is 2.48. The van der Waals surface area contributed by atoms with Crippen LogP contribution in [0.2, 0.25) is 0 Å². The number of hydrogen-bond acceptors (Lipinski definition) is 7. The summed E-state index contributed by atoms with van der Waals surface area (Å²) in [4.78, 5) is 17.9. The lowest BCUT2D eigenvalue weighted by atomic mass is 10.2. The van der Waals surface area contributed by atoms with E-state index in [9.17, 15) is 0 Å². The predicted molar refractivity (Wildman–Crippen MR) is 110 cm³/mol. The maximum absolute atomic E-state index is 5.85. The van der Waals surface area contributed by atoms with E-state index in [0.717, 1.165) is 34.0 Å². The fraction of sp³-hybridized carbons (Fsp3) is 0.200. The number of hydrogen-bond donors (Lipinski definition) is 2. The first-order valence-corrected chi connectivity index (χ1v) is 8.93. The number of imidazole rings is 1. The van der Waals surface area contributed by atoms with Crippen molar-refractivity contribution in [3.63, 3.8) is 0 Å². The van der Waals surface area contributed by atoms with Gasteiger partial charge in [0.25, 0.3) is 0 Å². The van der Waals surface area contributed by atoms with E-state index < -0.39 is 0 Å². The molecular formula is C20H21N7O. The average Bonchev–Trinajstić information content (AvgIpc) is 3.07. The number of anilines is 3. The maximum Gasteiger partial charge on any atom is 0.229 e.